The van der Waals surface area contributed by atoms with Crippen LogP contribution in [0.15, 0.2) is 30.6 Å². The highest BCUT2D eigenvalue weighted by molar-refractivity contribution is 5.34. The summed E-state index contributed by atoms with van der Waals surface area (Å²) in [4.78, 5) is 4.17. The molecule has 21 heavy (non-hydrogen) atoms. The topological polar surface area (TPSA) is 53.6 Å². The van der Waals surface area contributed by atoms with Gasteiger partial charge in [-0.05, 0) is 42.3 Å². The Hall–Kier alpha value is -1.68. The molecule has 4 nitrogen and oxygen atoms in total. The summed E-state index contributed by atoms with van der Waals surface area (Å²) >= 11 is 0. The van der Waals surface area contributed by atoms with E-state index in [0.29, 0.717) is 11.5 Å². The molecule has 3 rings (SSSR count). The maximum Gasteiger partial charge on any atom is 0.137 e. The molecule has 1 heterocycles. The molecule has 0 amide bonds. The van der Waals surface area contributed by atoms with Gasteiger partial charge in [0.1, 0.15) is 12.2 Å². The molecule has 0 saturated heterocycles. The first-order valence-corrected chi connectivity index (χ1v) is 7.82. The fraction of sp³-hybridized carbons (Fsp3) is 0.529. The minimum atomic E-state index is 0.306. The Morgan fingerprint density at radius 3 is 3.00 bits per heavy atom. The number of nitrogens with one attached hydrogen (secondary N) is 2. The van der Waals surface area contributed by atoms with Crippen LogP contribution in [-0.2, 0) is 12.8 Å². The first-order valence-electron chi connectivity index (χ1n) is 7.82. The molecule has 0 fully saturated rings. The highest BCUT2D eigenvalue weighted by atomic mass is 15.2. The summed E-state index contributed by atoms with van der Waals surface area (Å²) < 4.78 is 0. The maximum atomic E-state index is 4.17. The average Bonchev–Trinajstić information content (AvgIpc) is 2.98. The van der Waals surface area contributed by atoms with E-state index < -0.39 is 0 Å². The molecule has 0 spiro atoms. The molecule has 1 atom stereocenters. The summed E-state index contributed by atoms with van der Waals surface area (Å²) in [5.74, 6) is 0.972. The fourth-order valence-electron chi connectivity index (χ4n) is 3.31. The van der Waals surface area contributed by atoms with Gasteiger partial charge in [-0.2, -0.15) is 5.10 Å². The third-order valence-corrected chi connectivity index (χ3v) is 4.59. The van der Waals surface area contributed by atoms with Crippen LogP contribution in [0.5, 0.6) is 0 Å². The van der Waals surface area contributed by atoms with Gasteiger partial charge in [0.05, 0.1) is 0 Å². The molecule has 1 aliphatic rings. The Balaban J connectivity index is 1.62. The van der Waals surface area contributed by atoms with Gasteiger partial charge in [-0.3, -0.25) is 5.10 Å². The summed E-state index contributed by atoms with van der Waals surface area (Å²) in [5, 5.41) is 10.6. The predicted octanol–water partition coefficient (Wildman–Crippen LogP) is 3.04. The number of aromatic nitrogens is 3. The molecule has 0 radical (unpaired) electrons. The van der Waals surface area contributed by atoms with E-state index >= 15 is 0 Å². The van der Waals surface area contributed by atoms with Crippen LogP contribution in [0.1, 0.15) is 49.7 Å². The zero-order chi connectivity index (χ0) is 14.7. The quantitative estimate of drug-likeness (QED) is 0.830. The van der Waals surface area contributed by atoms with Crippen molar-refractivity contribution >= 4 is 0 Å². The molecule has 1 aromatic carbocycles. The van der Waals surface area contributed by atoms with Gasteiger partial charge in [-0.15, -0.1) is 0 Å². The predicted molar refractivity (Wildman–Crippen MR) is 84.0 cm³/mol. The molecule has 1 aliphatic carbocycles. The van der Waals surface area contributed by atoms with E-state index in [-0.39, 0.29) is 0 Å². The standard InChI is InChI=1S/C17H24N4/c1-17(2)10-9-13-6-3-4-7-14(13)16(17)18-11-5-8-15-19-12-20-21-15/h3-4,6-7,12,16,18H,5,8-11H2,1-2H3,(H,19,20,21). The molecule has 0 bridgehead atoms. The van der Waals surface area contributed by atoms with Gasteiger partial charge < -0.3 is 5.32 Å². The second-order valence-electron chi connectivity index (χ2n) is 6.61. The van der Waals surface area contributed by atoms with Crippen molar-refractivity contribution in [1.82, 2.24) is 20.5 Å². The van der Waals surface area contributed by atoms with Crippen LogP contribution in [0, 0.1) is 5.41 Å². The van der Waals surface area contributed by atoms with E-state index in [1.807, 2.05) is 0 Å². The Morgan fingerprint density at radius 1 is 1.33 bits per heavy atom. The van der Waals surface area contributed by atoms with E-state index in [1.165, 1.54) is 24.0 Å². The lowest BCUT2D eigenvalue weighted by atomic mass is 9.70. The highest BCUT2D eigenvalue weighted by Crippen LogP contribution is 2.43. The number of fused-ring (bicyclic) bond motifs is 1. The normalized spacial score (nSPS) is 20.2. The number of H-pyrrole nitrogens is 1. The molecule has 0 saturated carbocycles. The second-order valence-corrected chi connectivity index (χ2v) is 6.61. The summed E-state index contributed by atoms with van der Waals surface area (Å²) in [6.07, 6.45) is 6.03. The molecule has 1 unspecified atom stereocenters. The van der Waals surface area contributed by atoms with E-state index in [9.17, 15) is 0 Å². The Bertz CT molecular complexity index is 574. The van der Waals surface area contributed by atoms with Crippen LogP contribution in [0.4, 0.5) is 0 Å². The zero-order valence-corrected chi connectivity index (χ0v) is 12.9. The Kier molecular flexibility index (Phi) is 4.06. The number of rotatable bonds is 5. The lowest BCUT2D eigenvalue weighted by Crippen LogP contribution is -2.38. The van der Waals surface area contributed by atoms with Gasteiger partial charge in [0.15, 0.2) is 0 Å². The lowest BCUT2D eigenvalue weighted by molar-refractivity contribution is 0.209. The SMILES string of the molecule is CC1(C)CCc2ccccc2C1NCCCc1ncn[nH]1. The fourth-order valence-corrected chi connectivity index (χ4v) is 3.31. The lowest BCUT2D eigenvalue weighted by Gasteiger charge is -2.40. The minimum Gasteiger partial charge on any atom is -0.309 e. The molecule has 112 valence electrons. The van der Waals surface area contributed by atoms with Crippen molar-refractivity contribution in [3.8, 4) is 0 Å². The first-order chi connectivity index (χ1) is 10.2. The van der Waals surface area contributed by atoms with Gasteiger partial charge in [-0.1, -0.05) is 38.1 Å². The first kappa shape index (κ1) is 14.3. The van der Waals surface area contributed by atoms with E-state index in [2.05, 4.69) is 58.6 Å². The van der Waals surface area contributed by atoms with Gasteiger partial charge >= 0.3 is 0 Å². The van der Waals surface area contributed by atoms with E-state index in [4.69, 9.17) is 0 Å². The summed E-state index contributed by atoms with van der Waals surface area (Å²) in [7, 11) is 0. The van der Waals surface area contributed by atoms with Crippen molar-refractivity contribution in [3.05, 3.63) is 47.5 Å². The third-order valence-electron chi connectivity index (χ3n) is 4.59. The number of nitrogens with zero attached hydrogens (tertiary/aromatic N) is 2. The van der Waals surface area contributed by atoms with Crippen molar-refractivity contribution in [2.24, 2.45) is 5.41 Å². The molecule has 0 aliphatic heterocycles. The maximum absolute atomic E-state index is 4.17. The number of aryl methyl sites for hydroxylation is 2. The molecule has 1 aromatic heterocycles. The number of hydrogen-bond acceptors (Lipinski definition) is 3. The van der Waals surface area contributed by atoms with Gasteiger partial charge in [0.2, 0.25) is 0 Å². The zero-order valence-electron chi connectivity index (χ0n) is 12.9. The van der Waals surface area contributed by atoms with Crippen LogP contribution in [0.25, 0.3) is 0 Å². The number of benzene rings is 1. The highest BCUT2D eigenvalue weighted by Gasteiger charge is 2.34. The second kappa shape index (κ2) is 5.98. The van der Waals surface area contributed by atoms with E-state index in [1.54, 1.807) is 6.33 Å². The molecular formula is C17H24N4. The van der Waals surface area contributed by atoms with Crippen LogP contribution in [0.3, 0.4) is 0 Å². The summed E-state index contributed by atoms with van der Waals surface area (Å²) in [6.45, 7) is 5.75. The molecule has 4 heteroatoms. The van der Waals surface area contributed by atoms with Crippen LogP contribution in [0.2, 0.25) is 0 Å². The molecule has 2 N–H and O–H groups in total. The van der Waals surface area contributed by atoms with Crippen molar-refractivity contribution in [2.75, 3.05) is 6.54 Å². The minimum absolute atomic E-state index is 0.306. The summed E-state index contributed by atoms with van der Waals surface area (Å²) in [5.41, 5.74) is 3.29. The van der Waals surface area contributed by atoms with Crippen LogP contribution in [-0.4, -0.2) is 21.7 Å². The Morgan fingerprint density at radius 2 is 2.19 bits per heavy atom. The van der Waals surface area contributed by atoms with E-state index in [0.717, 1.165) is 25.2 Å². The van der Waals surface area contributed by atoms with Crippen LogP contribution < -0.4 is 5.32 Å². The molecular weight excluding hydrogens is 260 g/mol. The average molecular weight is 284 g/mol. The Labute approximate surface area is 126 Å². The third kappa shape index (κ3) is 3.16. The van der Waals surface area contributed by atoms with Gasteiger partial charge in [0, 0.05) is 12.5 Å². The summed E-state index contributed by atoms with van der Waals surface area (Å²) in [6, 6.07) is 9.30. The molecule has 2 aromatic rings. The van der Waals surface area contributed by atoms with Crippen molar-refractivity contribution in [2.45, 2.75) is 45.6 Å². The smallest absolute Gasteiger partial charge is 0.137 e. The monoisotopic (exact) mass is 284 g/mol. The largest absolute Gasteiger partial charge is 0.309 e. The van der Waals surface area contributed by atoms with Gasteiger partial charge in [0.25, 0.3) is 0 Å². The van der Waals surface area contributed by atoms with Crippen molar-refractivity contribution < 1.29 is 0 Å². The number of aromatic amines is 1. The van der Waals surface area contributed by atoms with Crippen LogP contribution >= 0.6 is 0 Å². The van der Waals surface area contributed by atoms with Gasteiger partial charge in [-0.25, -0.2) is 4.98 Å². The van der Waals surface area contributed by atoms with Crippen molar-refractivity contribution in [1.29, 1.82) is 0 Å². The number of hydrogen-bond donors (Lipinski definition) is 2. The van der Waals surface area contributed by atoms with Crippen molar-refractivity contribution in [3.63, 3.8) is 0 Å².